The highest BCUT2D eigenvalue weighted by Gasteiger charge is 2.24. The van der Waals surface area contributed by atoms with Gasteiger partial charge in [0, 0.05) is 15.1 Å². The van der Waals surface area contributed by atoms with Crippen LogP contribution in [-0.2, 0) is 4.79 Å². The molecule has 27 heavy (non-hydrogen) atoms. The van der Waals surface area contributed by atoms with Crippen molar-refractivity contribution in [3.63, 3.8) is 0 Å². The first-order chi connectivity index (χ1) is 13.0. The molecule has 0 radical (unpaired) electrons. The van der Waals surface area contributed by atoms with Gasteiger partial charge in [-0.25, -0.2) is 4.99 Å². The molecule has 1 aliphatic heterocycles. The van der Waals surface area contributed by atoms with Gasteiger partial charge in [0.2, 0.25) is 0 Å². The van der Waals surface area contributed by atoms with Crippen molar-refractivity contribution in [2.75, 3.05) is 6.61 Å². The summed E-state index contributed by atoms with van der Waals surface area (Å²) in [6.07, 6.45) is 3.46. The number of aryl methyl sites for hydroxylation is 1. The molecular formula is C20H16BrClN2O2S. The molecule has 0 unspecified atom stereocenters. The number of carbonyl (C=O) groups excluding carboxylic acids is 1. The minimum Gasteiger partial charge on any atom is -0.489 e. The van der Waals surface area contributed by atoms with Crippen molar-refractivity contribution in [3.05, 3.63) is 74.6 Å². The monoisotopic (exact) mass is 462 g/mol. The normalized spacial score (nSPS) is 16.6. The van der Waals surface area contributed by atoms with Crippen molar-refractivity contribution in [1.82, 2.24) is 5.32 Å². The predicted molar refractivity (Wildman–Crippen MR) is 117 cm³/mol. The number of aliphatic imine (C=N–C) groups is 1. The number of nitrogens with zero attached hydrogens (tertiary/aromatic N) is 1. The first-order valence-corrected chi connectivity index (χ1v) is 10.0. The van der Waals surface area contributed by atoms with E-state index in [1.807, 2.05) is 37.3 Å². The third-order valence-corrected chi connectivity index (χ3v) is 5.46. The van der Waals surface area contributed by atoms with Gasteiger partial charge in [-0.3, -0.25) is 4.79 Å². The number of hydrogen-bond donors (Lipinski definition) is 1. The number of ether oxygens (including phenoxy) is 1. The van der Waals surface area contributed by atoms with Crippen LogP contribution in [0.15, 0.2) is 63.4 Å². The molecule has 1 amide bonds. The van der Waals surface area contributed by atoms with Gasteiger partial charge in [0.1, 0.15) is 12.4 Å². The Morgan fingerprint density at radius 2 is 2.15 bits per heavy atom. The van der Waals surface area contributed by atoms with Crippen LogP contribution >= 0.6 is 39.3 Å². The average molecular weight is 464 g/mol. The Morgan fingerprint density at radius 3 is 2.89 bits per heavy atom. The Hall–Kier alpha value is -2.02. The maximum atomic E-state index is 12.3. The molecule has 2 aromatic rings. The van der Waals surface area contributed by atoms with Gasteiger partial charge < -0.3 is 10.1 Å². The lowest BCUT2D eigenvalue weighted by Crippen LogP contribution is -2.19. The first kappa shape index (κ1) is 19.7. The smallest absolute Gasteiger partial charge is 0.264 e. The van der Waals surface area contributed by atoms with Gasteiger partial charge >= 0.3 is 0 Å². The van der Waals surface area contributed by atoms with Gasteiger partial charge in [0.05, 0.1) is 10.6 Å². The summed E-state index contributed by atoms with van der Waals surface area (Å²) >= 11 is 10.9. The number of amides is 1. The topological polar surface area (TPSA) is 50.7 Å². The number of rotatable bonds is 5. The van der Waals surface area contributed by atoms with E-state index in [0.717, 1.165) is 15.6 Å². The fourth-order valence-electron chi connectivity index (χ4n) is 2.30. The largest absolute Gasteiger partial charge is 0.489 e. The molecule has 2 aromatic carbocycles. The van der Waals surface area contributed by atoms with Crippen LogP contribution in [0.25, 0.3) is 6.08 Å². The van der Waals surface area contributed by atoms with Crippen molar-refractivity contribution in [1.29, 1.82) is 0 Å². The molecule has 1 heterocycles. The molecule has 1 aliphatic rings. The Labute approximate surface area is 175 Å². The third kappa shape index (κ3) is 5.03. The molecule has 138 valence electrons. The minimum atomic E-state index is -0.202. The summed E-state index contributed by atoms with van der Waals surface area (Å²) in [7, 11) is 0. The SMILES string of the molecule is C=CCOc1ccc(Br)cc1/C=C1\SC(=Nc2ccc(C)c(Cl)c2)NC1=O. The second kappa shape index (κ2) is 8.78. The fourth-order valence-corrected chi connectivity index (χ4v) is 3.69. The fraction of sp³-hybridized carbons (Fsp3) is 0.100. The lowest BCUT2D eigenvalue weighted by molar-refractivity contribution is -0.115. The molecule has 7 heteroatoms. The van der Waals surface area contributed by atoms with Gasteiger partial charge in [0.25, 0.3) is 5.91 Å². The van der Waals surface area contributed by atoms with E-state index in [0.29, 0.717) is 33.1 Å². The average Bonchev–Trinajstić information content (AvgIpc) is 2.96. The molecule has 3 rings (SSSR count). The van der Waals surface area contributed by atoms with E-state index in [1.165, 1.54) is 11.8 Å². The molecular weight excluding hydrogens is 448 g/mol. The van der Waals surface area contributed by atoms with Crippen molar-refractivity contribution < 1.29 is 9.53 Å². The first-order valence-electron chi connectivity index (χ1n) is 8.05. The highest BCUT2D eigenvalue weighted by atomic mass is 79.9. The molecule has 0 saturated carbocycles. The van der Waals surface area contributed by atoms with E-state index in [1.54, 1.807) is 18.2 Å². The molecule has 1 N–H and O–H groups in total. The van der Waals surface area contributed by atoms with Crippen LogP contribution in [0.3, 0.4) is 0 Å². The number of nitrogens with one attached hydrogen (secondary N) is 1. The molecule has 0 bridgehead atoms. The van der Waals surface area contributed by atoms with E-state index in [4.69, 9.17) is 16.3 Å². The van der Waals surface area contributed by atoms with Crippen LogP contribution in [0.5, 0.6) is 5.75 Å². The summed E-state index contributed by atoms with van der Waals surface area (Å²) in [6, 6.07) is 11.2. The van der Waals surface area contributed by atoms with E-state index in [-0.39, 0.29) is 5.91 Å². The molecule has 0 aromatic heterocycles. The van der Waals surface area contributed by atoms with Crippen molar-refractivity contribution in [2.45, 2.75) is 6.92 Å². The van der Waals surface area contributed by atoms with E-state index >= 15 is 0 Å². The number of amidine groups is 1. The van der Waals surface area contributed by atoms with Gasteiger partial charge in [0.15, 0.2) is 5.17 Å². The Bertz CT molecular complexity index is 972. The zero-order valence-corrected chi connectivity index (χ0v) is 17.6. The van der Waals surface area contributed by atoms with Crippen LogP contribution in [0.2, 0.25) is 5.02 Å². The summed E-state index contributed by atoms with van der Waals surface area (Å²) in [6.45, 7) is 5.97. The molecule has 0 spiro atoms. The highest BCUT2D eigenvalue weighted by molar-refractivity contribution is 9.10. The summed E-state index contributed by atoms with van der Waals surface area (Å²) < 4.78 is 6.56. The maximum absolute atomic E-state index is 12.3. The number of benzene rings is 2. The lowest BCUT2D eigenvalue weighted by Gasteiger charge is -2.08. The highest BCUT2D eigenvalue weighted by Crippen LogP contribution is 2.32. The Morgan fingerprint density at radius 1 is 1.33 bits per heavy atom. The van der Waals surface area contributed by atoms with Gasteiger partial charge in [-0.2, -0.15) is 0 Å². The number of carbonyl (C=O) groups is 1. The number of halogens is 2. The Balaban J connectivity index is 1.87. The summed E-state index contributed by atoms with van der Waals surface area (Å²) in [5, 5.41) is 3.93. The summed E-state index contributed by atoms with van der Waals surface area (Å²) in [4.78, 5) is 17.3. The van der Waals surface area contributed by atoms with E-state index < -0.39 is 0 Å². The second-order valence-electron chi connectivity index (χ2n) is 5.70. The second-order valence-corrected chi connectivity index (χ2v) is 8.05. The number of hydrogen-bond acceptors (Lipinski definition) is 4. The van der Waals surface area contributed by atoms with Gasteiger partial charge in [-0.15, -0.1) is 0 Å². The predicted octanol–water partition coefficient (Wildman–Crippen LogP) is 5.87. The van der Waals surface area contributed by atoms with Crippen molar-refractivity contribution in [2.24, 2.45) is 4.99 Å². The number of thioether (sulfide) groups is 1. The van der Waals surface area contributed by atoms with Crippen LogP contribution in [0.4, 0.5) is 5.69 Å². The van der Waals surface area contributed by atoms with E-state index in [2.05, 4.69) is 32.8 Å². The molecule has 1 fully saturated rings. The standard InChI is InChI=1S/C20H16BrClN2O2S/c1-3-8-26-17-7-5-14(21)9-13(17)10-18-19(25)24-20(27-18)23-15-6-4-12(2)16(22)11-15/h3-7,9-11H,1,8H2,2H3,(H,23,24,25)/b18-10-. The summed E-state index contributed by atoms with van der Waals surface area (Å²) in [5.41, 5.74) is 2.46. The van der Waals surface area contributed by atoms with Crippen molar-refractivity contribution >= 4 is 62.1 Å². The maximum Gasteiger partial charge on any atom is 0.264 e. The van der Waals surface area contributed by atoms with Crippen LogP contribution < -0.4 is 10.1 Å². The molecule has 4 nitrogen and oxygen atoms in total. The van der Waals surface area contributed by atoms with Crippen LogP contribution in [0.1, 0.15) is 11.1 Å². The van der Waals surface area contributed by atoms with Gasteiger partial charge in [-0.05, 0) is 60.7 Å². The zero-order chi connectivity index (χ0) is 19.4. The molecule has 1 saturated heterocycles. The van der Waals surface area contributed by atoms with Gasteiger partial charge in [-0.1, -0.05) is 46.3 Å². The third-order valence-electron chi connectivity index (χ3n) is 3.65. The molecule has 0 atom stereocenters. The zero-order valence-electron chi connectivity index (χ0n) is 14.5. The lowest BCUT2D eigenvalue weighted by atomic mass is 10.2. The van der Waals surface area contributed by atoms with Crippen LogP contribution in [0, 0.1) is 6.92 Å². The van der Waals surface area contributed by atoms with E-state index in [9.17, 15) is 4.79 Å². The molecule has 0 aliphatic carbocycles. The minimum absolute atomic E-state index is 0.202. The van der Waals surface area contributed by atoms with Crippen molar-refractivity contribution in [3.8, 4) is 5.75 Å². The summed E-state index contributed by atoms with van der Waals surface area (Å²) in [5.74, 6) is 0.473. The van der Waals surface area contributed by atoms with Crippen LogP contribution in [-0.4, -0.2) is 17.7 Å². The quantitative estimate of drug-likeness (QED) is 0.446. The Kier molecular flexibility index (Phi) is 6.42.